The summed E-state index contributed by atoms with van der Waals surface area (Å²) in [5.41, 5.74) is 0.951. The lowest BCUT2D eigenvalue weighted by molar-refractivity contribution is 0.174. The van der Waals surface area contributed by atoms with Gasteiger partial charge in [0.05, 0.1) is 17.2 Å². The van der Waals surface area contributed by atoms with Gasteiger partial charge in [-0.05, 0) is 45.4 Å². The normalized spacial score (nSPS) is 22.6. The number of thiazole rings is 1. The van der Waals surface area contributed by atoms with Gasteiger partial charge >= 0.3 is 6.03 Å². The number of amides is 2. The Morgan fingerprint density at radius 2 is 2.05 bits per heavy atom. The van der Waals surface area contributed by atoms with Crippen LogP contribution in [0.1, 0.15) is 41.3 Å². The first-order chi connectivity index (χ1) is 9.58. The van der Waals surface area contributed by atoms with E-state index in [1.807, 2.05) is 13.8 Å². The molecule has 0 saturated heterocycles. The number of urea groups is 1. The van der Waals surface area contributed by atoms with Crippen LogP contribution in [0, 0.1) is 19.8 Å². The molecule has 20 heavy (non-hydrogen) atoms. The van der Waals surface area contributed by atoms with Gasteiger partial charge in [-0.1, -0.05) is 0 Å². The average molecular weight is 297 g/mol. The maximum Gasteiger partial charge on any atom is 0.315 e. The highest BCUT2D eigenvalue weighted by Crippen LogP contribution is 2.23. The van der Waals surface area contributed by atoms with E-state index in [9.17, 15) is 4.79 Å². The van der Waals surface area contributed by atoms with E-state index in [-0.39, 0.29) is 18.7 Å². The zero-order valence-electron chi connectivity index (χ0n) is 12.1. The summed E-state index contributed by atoms with van der Waals surface area (Å²) in [7, 11) is 0. The molecule has 0 aliphatic heterocycles. The van der Waals surface area contributed by atoms with Gasteiger partial charge in [0.2, 0.25) is 0 Å². The highest BCUT2D eigenvalue weighted by atomic mass is 32.1. The van der Waals surface area contributed by atoms with Crippen molar-refractivity contribution in [2.75, 3.05) is 6.61 Å². The molecule has 0 aromatic carbocycles. The number of nitrogens with zero attached hydrogens (tertiary/aromatic N) is 1. The summed E-state index contributed by atoms with van der Waals surface area (Å²) in [4.78, 5) is 17.4. The number of hydrogen-bond donors (Lipinski definition) is 3. The molecule has 112 valence electrons. The maximum atomic E-state index is 11.9. The molecule has 0 spiro atoms. The van der Waals surface area contributed by atoms with Crippen LogP contribution in [0.2, 0.25) is 0 Å². The Morgan fingerprint density at radius 3 is 2.60 bits per heavy atom. The van der Waals surface area contributed by atoms with E-state index >= 15 is 0 Å². The van der Waals surface area contributed by atoms with E-state index in [2.05, 4.69) is 15.6 Å². The van der Waals surface area contributed by atoms with Crippen molar-refractivity contribution in [1.29, 1.82) is 0 Å². The fraction of sp³-hybridized carbons (Fsp3) is 0.714. The number of nitrogens with one attached hydrogen (secondary N) is 2. The van der Waals surface area contributed by atoms with Crippen molar-refractivity contribution in [2.24, 2.45) is 5.92 Å². The van der Waals surface area contributed by atoms with Crippen LogP contribution in [-0.4, -0.2) is 28.8 Å². The van der Waals surface area contributed by atoms with Gasteiger partial charge in [0.15, 0.2) is 0 Å². The number of aliphatic hydroxyl groups is 1. The van der Waals surface area contributed by atoms with Gasteiger partial charge < -0.3 is 15.7 Å². The van der Waals surface area contributed by atoms with Crippen LogP contribution in [0.5, 0.6) is 0 Å². The Morgan fingerprint density at radius 1 is 1.35 bits per heavy atom. The van der Waals surface area contributed by atoms with Crippen LogP contribution >= 0.6 is 11.3 Å². The summed E-state index contributed by atoms with van der Waals surface area (Å²) >= 11 is 1.65. The molecule has 0 radical (unpaired) electrons. The molecule has 1 aliphatic rings. The molecule has 3 N–H and O–H groups in total. The number of aliphatic hydroxyl groups excluding tert-OH is 1. The summed E-state index contributed by atoms with van der Waals surface area (Å²) in [6.45, 7) is 4.74. The lowest BCUT2D eigenvalue weighted by Gasteiger charge is -2.27. The fourth-order valence-electron chi connectivity index (χ4n) is 2.63. The van der Waals surface area contributed by atoms with Crippen molar-refractivity contribution in [3.63, 3.8) is 0 Å². The molecule has 1 heterocycles. The predicted octanol–water partition coefficient (Wildman–Crippen LogP) is 2.11. The topological polar surface area (TPSA) is 74.2 Å². The average Bonchev–Trinajstić information content (AvgIpc) is 2.75. The van der Waals surface area contributed by atoms with Gasteiger partial charge in [0.1, 0.15) is 0 Å². The van der Waals surface area contributed by atoms with Gasteiger partial charge in [0.25, 0.3) is 0 Å². The molecule has 1 aromatic rings. The second kappa shape index (κ2) is 7.04. The molecule has 2 amide bonds. The van der Waals surface area contributed by atoms with Crippen LogP contribution in [0.3, 0.4) is 0 Å². The van der Waals surface area contributed by atoms with Crippen molar-refractivity contribution >= 4 is 17.4 Å². The quantitative estimate of drug-likeness (QED) is 0.797. The van der Waals surface area contributed by atoms with Gasteiger partial charge in [0, 0.05) is 17.5 Å². The monoisotopic (exact) mass is 297 g/mol. The molecule has 1 aromatic heterocycles. The third-order valence-corrected chi connectivity index (χ3v) is 4.78. The number of aromatic nitrogens is 1. The van der Waals surface area contributed by atoms with E-state index in [1.54, 1.807) is 11.3 Å². The zero-order chi connectivity index (χ0) is 14.5. The summed E-state index contributed by atoms with van der Waals surface area (Å²) in [5.74, 6) is 0.414. The van der Waals surface area contributed by atoms with Crippen LogP contribution in [0.4, 0.5) is 4.79 Å². The van der Waals surface area contributed by atoms with E-state index in [4.69, 9.17) is 5.11 Å². The number of rotatable bonds is 4. The first-order valence-corrected chi connectivity index (χ1v) is 7.98. The molecular formula is C14H23N3O2S. The Balaban J connectivity index is 1.72. The zero-order valence-corrected chi connectivity index (χ0v) is 12.9. The van der Waals surface area contributed by atoms with Crippen LogP contribution in [0.15, 0.2) is 0 Å². The number of aryl methyl sites for hydroxylation is 2. The molecule has 1 saturated carbocycles. The standard InChI is InChI=1S/C14H23N3O2S/c1-9-13(16-10(2)20-9)7-15-14(19)17-12-5-3-11(8-18)4-6-12/h11-12,18H,3-8H2,1-2H3,(H2,15,17,19). The second-order valence-electron chi connectivity index (χ2n) is 5.46. The molecular weight excluding hydrogens is 274 g/mol. The Labute approximate surface area is 123 Å². The lowest BCUT2D eigenvalue weighted by atomic mass is 9.87. The van der Waals surface area contributed by atoms with E-state index in [1.165, 1.54) is 0 Å². The van der Waals surface area contributed by atoms with E-state index in [0.717, 1.165) is 41.3 Å². The summed E-state index contributed by atoms with van der Waals surface area (Å²) in [5, 5.41) is 16.0. The minimum atomic E-state index is -0.123. The van der Waals surface area contributed by atoms with E-state index < -0.39 is 0 Å². The molecule has 0 atom stereocenters. The molecule has 0 bridgehead atoms. The maximum absolute atomic E-state index is 11.9. The highest BCUT2D eigenvalue weighted by molar-refractivity contribution is 7.11. The lowest BCUT2D eigenvalue weighted by Crippen LogP contribution is -2.43. The number of carbonyl (C=O) groups excluding carboxylic acids is 1. The fourth-order valence-corrected chi connectivity index (χ4v) is 3.46. The van der Waals surface area contributed by atoms with Gasteiger partial charge in [-0.2, -0.15) is 0 Å². The van der Waals surface area contributed by atoms with Crippen LogP contribution in [-0.2, 0) is 6.54 Å². The molecule has 1 fully saturated rings. The predicted molar refractivity (Wildman–Crippen MR) is 79.8 cm³/mol. The van der Waals surface area contributed by atoms with Gasteiger partial charge in [-0.3, -0.25) is 0 Å². The largest absolute Gasteiger partial charge is 0.396 e. The molecule has 0 unspecified atom stereocenters. The minimum Gasteiger partial charge on any atom is -0.396 e. The van der Waals surface area contributed by atoms with Gasteiger partial charge in [-0.25, -0.2) is 9.78 Å². The Kier molecular flexibility index (Phi) is 5.37. The Hall–Kier alpha value is -1.14. The number of hydrogen-bond acceptors (Lipinski definition) is 4. The molecule has 2 rings (SSSR count). The highest BCUT2D eigenvalue weighted by Gasteiger charge is 2.21. The smallest absolute Gasteiger partial charge is 0.315 e. The van der Waals surface area contributed by atoms with Crippen molar-refractivity contribution in [3.05, 3.63) is 15.6 Å². The molecule has 1 aliphatic carbocycles. The molecule has 5 nitrogen and oxygen atoms in total. The third kappa shape index (κ3) is 4.18. The SMILES string of the molecule is Cc1nc(CNC(=O)NC2CCC(CO)CC2)c(C)s1. The molecule has 6 heteroatoms. The summed E-state index contributed by atoms with van der Waals surface area (Å²) in [6.07, 6.45) is 3.89. The first-order valence-electron chi connectivity index (χ1n) is 7.16. The van der Waals surface area contributed by atoms with Crippen LogP contribution < -0.4 is 10.6 Å². The van der Waals surface area contributed by atoms with Crippen molar-refractivity contribution < 1.29 is 9.90 Å². The van der Waals surface area contributed by atoms with Gasteiger partial charge in [-0.15, -0.1) is 11.3 Å². The Bertz CT molecular complexity index is 453. The number of carbonyl (C=O) groups is 1. The van der Waals surface area contributed by atoms with Crippen LogP contribution in [0.25, 0.3) is 0 Å². The van der Waals surface area contributed by atoms with Crippen molar-refractivity contribution in [3.8, 4) is 0 Å². The second-order valence-corrected chi connectivity index (χ2v) is 6.87. The van der Waals surface area contributed by atoms with Crippen molar-refractivity contribution in [1.82, 2.24) is 15.6 Å². The summed E-state index contributed by atoms with van der Waals surface area (Å²) in [6, 6.07) is 0.110. The third-order valence-electron chi connectivity index (χ3n) is 3.86. The summed E-state index contributed by atoms with van der Waals surface area (Å²) < 4.78 is 0. The van der Waals surface area contributed by atoms with Crippen molar-refractivity contribution in [2.45, 2.75) is 52.1 Å². The minimum absolute atomic E-state index is 0.123. The first kappa shape index (κ1) is 15.3. The van der Waals surface area contributed by atoms with E-state index in [0.29, 0.717) is 12.5 Å².